The molecule has 0 aliphatic heterocycles. The molecule has 0 atom stereocenters. The van der Waals surface area contributed by atoms with E-state index in [0.29, 0.717) is 31.4 Å². The highest BCUT2D eigenvalue weighted by Gasteiger charge is 2.38. The number of imidazole rings is 1. The molecule has 0 saturated heterocycles. The highest BCUT2D eigenvalue weighted by molar-refractivity contribution is 6.03. The lowest BCUT2D eigenvalue weighted by Crippen LogP contribution is -2.34. The lowest BCUT2D eigenvalue weighted by molar-refractivity contribution is -0.148. The van der Waals surface area contributed by atoms with Crippen molar-refractivity contribution in [3.05, 3.63) is 53.1 Å². The van der Waals surface area contributed by atoms with Crippen LogP contribution in [0.2, 0.25) is 0 Å². The number of esters is 1. The van der Waals surface area contributed by atoms with Gasteiger partial charge < -0.3 is 20.1 Å². The van der Waals surface area contributed by atoms with E-state index < -0.39 is 11.5 Å². The molecule has 35 heavy (non-hydrogen) atoms. The molecule has 1 fully saturated rings. The third-order valence-electron chi connectivity index (χ3n) is 7.38. The summed E-state index contributed by atoms with van der Waals surface area (Å²) in [7, 11) is 1.39. The molecule has 3 N–H and O–H groups in total. The third-order valence-corrected chi connectivity index (χ3v) is 7.38. The first-order valence-electron chi connectivity index (χ1n) is 12.1. The molecule has 8 heteroatoms. The van der Waals surface area contributed by atoms with Crippen LogP contribution in [0.15, 0.2) is 30.5 Å². The quantitative estimate of drug-likeness (QED) is 0.538. The normalized spacial score (nSPS) is 23.6. The van der Waals surface area contributed by atoms with Gasteiger partial charge in [0.1, 0.15) is 6.07 Å². The largest absolute Gasteiger partial charge is 0.469 e. The van der Waals surface area contributed by atoms with Crippen LogP contribution >= 0.6 is 0 Å². The minimum Gasteiger partial charge on any atom is -0.469 e. The maximum atomic E-state index is 12.8. The molecular weight excluding hydrogens is 444 g/mol. The van der Waals surface area contributed by atoms with Crippen LogP contribution in [0.5, 0.6) is 0 Å². The SMILES string of the molecule is COC(=O)C1CCC(O)(c2ccc(NC(=O)c3nc(C#N)c[nH]3)c(C3=CCC(C)(C)CC3)c2)CC1. The van der Waals surface area contributed by atoms with E-state index >= 15 is 0 Å². The van der Waals surface area contributed by atoms with Crippen molar-refractivity contribution < 1.29 is 19.4 Å². The van der Waals surface area contributed by atoms with Crippen LogP contribution in [-0.4, -0.2) is 34.1 Å². The van der Waals surface area contributed by atoms with E-state index in [1.807, 2.05) is 24.3 Å². The van der Waals surface area contributed by atoms with Gasteiger partial charge in [0.15, 0.2) is 11.5 Å². The number of nitrogens with one attached hydrogen (secondary N) is 2. The summed E-state index contributed by atoms with van der Waals surface area (Å²) in [6.45, 7) is 4.48. The topological polar surface area (TPSA) is 128 Å². The Hall–Kier alpha value is -3.44. The molecular formula is C27H32N4O4. The molecule has 1 amide bonds. The van der Waals surface area contributed by atoms with E-state index in [0.717, 1.165) is 36.0 Å². The summed E-state index contributed by atoms with van der Waals surface area (Å²) in [5.74, 6) is -0.781. The average Bonchev–Trinajstić information content (AvgIpc) is 3.34. The Kier molecular flexibility index (Phi) is 6.82. The molecule has 0 radical (unpaired) electrons. The fourth-order valence-electron chi connectivity index (χ4n) is 4.99. The number of rotatable bonds is 5. The first-order chi connectivity index (χ1) is 16.6. The van der Waals surface area contributed by atoms with E-state index in [1.54, 1.807) is 0 Å². The number of amides is 1. The van der Waals surface area contributed by atoms with Crippen LogP contribution in [0.3, 0.4) is 0 Å². The maximum Gasteiger partial charge on any atom is 0.308 e. The van der Waals surface area contributed by atoms with Crippen LogP contribution in [0.1, 0.15) is 86.2 Å². The Morgan fingerprint density at radius 3 is 2.60 bits per heavy atom. The smallest absolute Gasteiger partial charge is 0.308 e. The fourth-order valence-corrected chi connectivity index (χ4v) is 4.99. The second-order valence-electron chi connectivity index (χ2n) is 10.4. The zero-order valence-corrected chi connectivity index (χ0v) is 20.5. The predicted octanol–water partition coefficient (Wildman–Crippen LogP) is 4.68. The molecule has 0 bridgehead atoms. The zero-order chi connectivity index (χ0) is 25.2. The Labute approximate surface area is 205 Å². The van der Waals surface area contributed by atoms with Crippen molar-refractivity contribution in [1.82, 2.24) is 9.97 Å². The number of nitriles is 1. The molecule has 2 aliphatic rings. The van der Waals surface area contributed by atoms with Crippen molar-refractivity contribution in [1.29, 1.82) is 5.26 Å². The van der Waals surface area contributed by atoms with Crippen LogP contribution in [-0.2, 0) is 15.1 Å². The van der Waals surface area contributed by atoms with Gasteiger partial charge in [0.2, 0.25) is 0 Å². The molecule has 2 aromatic rings. The number of H-pyrrole nitrogens is 1. The van der Waals surface area contributed by atoms with Gasteiger partial charge in [-0.3, -0.25) is 9.59 Å². The van der Waals surface area contributed by atoms with E-state index in [1.165, 1.54) is 13.3 Å². The molecule has 0 unspecified atom stereocenters. The van der Waals surface area contributed by atoms with Gasteiger partial charge in [-0.05, 0) is 73.6 Å². The Morgan fingerprint density at radius 2 is 2.00 bits per heavy atom. The Bertz CT molecular complexity index is 1200. The number of ether oxygens (including phenoxy) is 1. The fraction of sp³-hybridized carbons (Fsp3) is 0.481. The highest BCUT2D eigenvalue weighted by Crippen LogP contribution is 2.44. The van der Waals surface area contributed by atoms with Gasteiger partial charge in [-0.2, -0.15) is 5.26 Å². The number of aliphatic hydroxyl groups is 1. The van der Waals surface area contributed by atoms with Crippen molar-refractivity contribution in [3.63, 3.8) is 0 Å². The minimum atomic E-state index is -1.04. The lowest BCUT2D eigenvalue weighted by atomic mass is 9.73. The molecule has 1 aromatic heterocycles. The number of hydrogen-bond donors (Lipinski definition) is 3. The number of benzene rings is 1. The molecule has 2 aliphatic carbocycles. The monoisotopic (exact) mass is 476 g/mol. The Balaban J connectivity index is 1.64. The summed E-state index contributed by atoms with van der Waals surface area (Å²) in [4.78, 5) is 31.5. The van der Waals surface area contributed by atoms with Gasteiger partial charge in [-0.15, -0.1) is 0 Å². The molecule has 1 heterocycles. The Morgan fingerprint density at radius 1 is 1.26 bits per heavy atom. The van der Waals surface area contributed by atoms with Crippen molar-refractivity contribution in [2.45, 2.75) is 64.4 Å². The minimum absolute atomic E-state index is 0.0649. The number of carbonyl (C=O) groups excluding carboxylic acids is 2. The summed E-state index contributed by atoms with van der Waals surface area (Å²) in [5.41, 5.74) is 2.74. The predicted molar refractivity (Wildman–Crippen MR) is 131 cm³/mol. The van der Waals surface area contributed by atoms with E-state index in [4.69, 9.17) is 10.00 Å². The summed E-state index contributed by atoms with van der Waals surface area (Å²) in [5, 5.41) is 23.4. The molecule has 8 nitrogen and oxygen atoms in total. The zero-order valence-electron chi connectivity index (χ0n) is 20.5. The van der Waals surface area contributed by atoms with Crippen molar-refractivity contribution in [2.24, 2.45) is 11.3 Å². The van der Waals surface area contributed by atoms with Crippen molar-refractivity contribution in [2.75, 3.05) is 12.4 Å². The summed E-state index contributed by atoms with van der Waals surface area (Å²) in [6, 6.07) is 7.55. The molecule has 1 aromatic carbocycles. The number of carbonyl (C=O) groups is 2. The lowest BCUT2D eigenvalue weighted by Gasteiger charge is -2.36. The number of methoxy groups -OCH3 is 1. The average molecular weight is 477 g/mol. The van der Waals surface area contributed by atoms with Gasteiger partial charge in [0, 0.05) is 17.4 Å². The number of aromatic nitrogens is 2. The summed E-state index contributed by atoms with van der Waals surface area (Å²) < 4.78 is 4.88. The van der Waals surface area contributed by atoms with Crippen LogP contribution in [0.25, 0.3) is 5.57 Å². The first kappa shape index (κ1) is 24.7. The number of anilines is 1. The van der Waals surface area contributed by atoms with Crippen LogP contribution in [0, 0.1) is 22.7 Å². The van der Waals surface area contributed by atoms with Gasteiger partial charge >= 0.3 is 5.97 Å². The summed E-state index contributed by atoms with van der Waals surface area (Å²) >= 11 is 0. The van der Waals surface area contributed by atoms with Gasteiger partial charge in [-0.1, -0.05) is 26.0 Å². The van der Waals surface area contributed by atoms with Gasteiger partial charge in [0.05, 0.1) is 18.6 Å². The van der Waals surface area contributed by atoms with E-state index in [9.17, 15) is 14.7 Å². The highest BCUT2D eigenvalue weighted by atomic mass is 16.5. The van der Waals surface area contributed by atoms with Gasteiger partial charge in [0.25, 0.3) is 5.91 Å². The number of allylic oxidation sites excluding steroid dienone is 2. The van der Waals surface area contributed by atoms with E-state index in [-0.39, 0.29) is 28.8 Å². The van der Waals surface area contributed by atoms with Crippen molar-refractivity contribution >= 4 is 23.1 Å². The molecule has 0 spiro atoms. The standard InChI is InChI=1S/C27H32N4O4/c1-26(2)10-6-17(7-11-26)21-14-19(27(34)12-8-18(9-13-27)25(33)35-3)4-5-22(21)31-24(32)23-29-16-20(15-28)30-23/h4-6,14,16,18,34H,7-13H2,1-3H3,(H,29,30)(H,31,32). The second-order valence-corrected chi connectivity index (χ2v) is 10.4. The number of aromatic amines is 1. The number of hydrogen-bond acceptors (Lipinski definition) is 6. The second kappa shape index (κ2) is 9.67. The summed E-state index contributed by atoms with van der Waals surface area (Å²) in [6.07, 6.45) is 8.48. The van der Waals surface area contributed by atoms with E-state index in [2.05, 4.69) is 35.2 Å². The maximum absolute atomic E-state index is 12.8. The van der Waals surface area contributed by atoms with Gasteiger partial charge in [-0.25, -0.2) is 4.98 Å². The molecule has 1 saturated carbocycles. The van der Waals surface area contributed by atoms with Crippen LogP contribution < -0.4 is 5.32 Å². The van der Waals surface area contributed by atoms with Crippen LogP contribution in [0.4, 0.5) is 5.69 Å². The molecule has 4 rings (SSSR count). The number of nitrogens with zero attached hydrogens (tertiary/aromatic N) is 2. The molecule has 184 valence electrons. The first-order valence-corrected chi connectivity index (χ1v) is 12.1. The van der Waals surface area contributed by atoms with Crippen molar-refractivity contribution in [3.8, 4) is 6.07 Å². The third kappa shape index (κ3) is 5.30.